The van der Waals surface area contributed by atoms with E-state index in [0.29, 0.717) is 18.7 Å². The van der Waals surface area contributed by atoms with Crippen molar-refractivity contribution in [2.24, 2.45) is 0 Å². The maximum Gasteiger partial charge on any atom is 0.317 e. The highest BCUT2D eigenvalue weighted by Gasteiger charge is 2.13. The Labute approximate surface area is 160 Å². The number of hydrogen-bond donors (Lipinski definition) is 1. The standard InChI is InChI=1S/C21H25N5O/c1-25(16-18-7-5-17(14-22)6-8-18)21(27)24-15-19-9-10-23-20(13-19)26-11-3-2-4-12-26/h5-10,13H,2-4,11-12,15-16H2,1H3,(H,24,27). The lowest BCUT2D eigenvalue weighted by Gasteiger charge is -2.28. The lowest BCUT2D eigenvalue weighted by molar-refractivity contribution is 0.206. The van der Waals surface area contributed by atoms with E-state index in [1.165, 1.54) is 19.3 Å². The predicted octanol–water partition coefficient (Wildman–Crippen LogP) is 3.29. The summed E-state index contributed by atoms with van der Waals surface area (Å²) in [6.45, 7) is 3.07. The fourth-order valence-electron chi connectivity index (χ4n) is 3.21. The fraction of sp³-hybridized carbons (Fsp3) is 0.381. The van der Waals surface area contributed by atoms with Crippen LogP contribution in [0.25, 0.3) is 0 Å². The second-order valence-corrected chi connectivity index (χ2v) is 6.89. The van der Waals surface area contributed by atoms with Crippen molar-refractivity contribution in [1.82, 2.24) is 15.2 Å². The number of aromatic nitrogens is 1. The molecule has 0 bridgehead atoms. The summed E-state index contributed by atoms with van der Waals surface area (Å²) in [7, 11) is 1.76. The van der Waals surface area contributed by atoms with Gasteiger partial charge in [-0.25, -0.2) is 9.78 Å². The Morgan fingerprint density at radius 3 is 2.63 bits per heavy atom. The van der Waals surface area contributed by atoms with Crippen LogP contribution in [0, 0.1) is 11.3 Å². The molecule has 1 aliphatic rings. The zero-order chi connectivity index (χ0) is 19.1. The molecule has 1 N–H and O–H groups in total. The lowest BCUT2D eigenvalue weighted by Crippen LogP contribution is -2.36. The number of nitriles is 1. The van der Waals surface area contributed by atoms with Crippen molar-refractivity contribution in [2.75, 3.05) is 25.0 Å². The minimum Gasteiger partial charge on any atom is -0.357 e. The molecule has 0 spiro atoms. The molecule has 2 heterocycles. The van der Waals surface area contributed by atoms with E-state index in [0.717, 1.165) is 30.0 Å². The number of urea groups is 1. The first-order chi connectivity index (χ1) is 13.2. The highest BCUT2D eigenvalue weighted by atomic mass is 16.2. The largest absolute Gasteiger partial charge is 0.357 e. The summed E-state index contributed by atoms with van der Waals surface area (Å²) in [5, 5.41) is 11.8. The van der Waals surface area contributed by atoms with Gasteiger partial charge < -0.3 is 15.1 Å². The molecule has 1 fully saturated rings. The molecule has 6 heteroatoms. The van der Waals surface area contributed by atoms with Gasteiger partial charge in [0.2, 0.25) is 0 Å². The molecule has 3 rings (SSSR count). The number of nitrogens with one attached hydrogen (secondary N) is 1. The van der Waals surface area contributed by atoms with Gasteiger partial charge in [0.25, 0.3) is 0 Å². The summed E-state index contributed by atoms with van der Waals surface area (Å²) in [4.78, 5) is 20.8. The smallest absolute Gasteiger partial charge is 0.317 e. The number of piperidine rings is 1. The van der Waals surface area contributed by atoms with E-state index in [-0.39, 0.29) is 6.03 Å². The van der Waals surface area contributed by atoms with Crippen molar-refractivity contribution < 1.29 is 4.79 Å². The highest BCUT2D eigenvalue weighted by molar-refractivity contribution is 5.73. The summed E-state index contributed by atoms with van der Waals surface area (Å²) in [5.41, 5.74) is 2.65. The quantitative estimate of drug-likeness (QED) is 0.885. The molecule has 2 aromatic rings. The number of benzene rings is 1. The summed E-state index contributed by atoms with van der Waals surface area (Å²) in [5.74, 6) is 0.993. The summed E-state index contributed by atoms with van der Waals surface area (Å²) in [6.07, 6.45) is 5.52. The monoisotopic (exact) mass is 363 g/mol. The third kappa shape index (κ3) is 5.20. The molecule has 27 heavy (non-hydrogen) atoms. The van der Waals surface area contributed by atoms with E-state index in [1.54, 1.807) is 24.1 Å². The van der Waals surface area contributed by atoms with Crippen LogP contribution in [0.3, 0.4) is 0 Å². The Balaban J connectivity index is 1.52. The van der Waals surface area contributed by atoms with Crippen molar-refractivity contribution in [1.29, 1.82) is 5.26 Å². The van der Waals surface area contributed by atoms with Gasteiger partial charge in [-0.15, -0.1) is 0 Å². The molecule has 1 aromatic carbocycles. The molecule has 0 aliphatic carbocycles. The first-order valence-corrected chi connectivity index (χ1v) is 9.33. The Morgan fingerprint density at radius 1 is 1.19 bits per heavy atom. The number of carbonyl (C=O) groups excluding carboxylic acids is 1. The van der Waals surface area contributed by atoms with Crippen LogP contribution >= 0.6 is 0 Å². The van der Waals surface area contributed by atoms with Crippen molar-refractivity contribution in [3.8, 4) is 6.07 Å². The van der Waals surface area contributed by atoms with Crippen LogP contribution in [0.2, 0.25) is 0 Å². The van der Waals surface area contributed by atoms with E-state index in [4.69, 9.17) is 5.26 Å². The summed E-state index contributed by atoms with van der Waals surface area (Å²) >= 11 is 0. The zero-order valence-corrected chi connectivity index (χ0v) is 15.7. The van der Waals surface area contributed by atoms with Crippen molar-refractivity contribution >= 4 is 11.8 Å². The molecule has 0 saturated carbocycles. The molecule has 1 aliphatic heterocycles. The Bertz CT molecular complexity index is 806. The maximum atomic E-state index is 12.4. The average Bonchev–Trinajstić information content (AvgIpc) is 2.73. The van der Waals surface area contributed by atoms with Crippen LogP contribution < -0.4 is 10.2 Å². The molecule has 140 valence electrons. The van der Waals surface area contributed by atoms with Crippen molar-refractivity contribution in [3.05, 3.63) is 59.3 Å². The van der Waals surface area contributed by atoms with E-state index in [9.17, 15) is 4.79 Å². The van der Waals surface area contributed by atoms with Gasteiger partial charge in [0, 0.05) is 39.4 Å². The van der Waals surface area contributed by atoms with Crippen LogP contribution in [-0.4, -0.2) is 36.1 Å². The lowest BCUT2D eigenvalue weighted by atomic mass is 10.1. The van der Waals surface area contributed by atoms with Gasteiger partial charge in [0.15, 0.2) is 0 Å². The maximum absolute atomic E-state index is 12.4. The molecule has 1 aromatic heterocycles. The van der Waals surface area contributed by atoms with Gasteiger partial charge >= 0.3 is 6.03 Å². The van der Waals surface area contributed by atoms with Gasteiger partial charge in [0.1, 0.15) is 5.82 Å². The van der Waals surface area contributed by atoms with E-state index >= 15 is 0 Å². The van der Waals surface area contributed by atoms with Crippen molar-refractivity contribution in [2.45, 2.75) is 32.4 Å². The number of anilines is 1. The normalized spacial score (nSPS) is 13.7. The summed E-state index contributed by atoms with van der Waals surface area (Å²) < 4.78 is 0. The second-order valence-electron chi connectivity index (χ2n) is 6.89. The fourth-order valence-corrected chi connectivity index (χ4v) is 3.21. The topological polar surface area (TPSA) is 72.3 Å². The highest BCUT2D eigenvalue weighted by Crippen LogP contribution is 2.18. The van der Waals surface area contributed by atoms with Crippen LogP contribution in [0.5, 0.6) is 0 Å². The Morgan fingerprint density at radius 2 is 1.93 bits per heavy atom. The predicted molar refractivity (Wildman–Crippen MR) is 105 cm³/mol. The van der Waals surface area contributed by atoms with Gasteiger partial charge in [-0.1, -0.05) is 12.1 Å². The second kappa shape index (κ2) is 9.04. The zero-order valence-electron chi connectivity index (χ0n) is 15.7. The van der Waals surface area contributed by atoms with Crippen LogP contribution in [0.4, 0.5) is 10.6 Å². The van der Waals surface area contributed by atoms with Crippen LogP contribution in [0.15, 0.2) is 42.6 Å². The minimum atomic E-state index is -0.129. The number of pyridine rings is 1. The van der Waals surface area contributed by atoms with E-state index in [2.05, 4.69) is 27.3 Å². The Kier molecular flexibility index (Phi) is 6.26. The number of rotatable bonds is 5. The molecular formula is C21H25N5O. The Hall–Kier alpha value is -3.07. The first kappa shape index (κ1) is 18.7. The number of hydrogen-bond acceptors (Lipinski definition) is 4. The molecular weight excluding hydrogens is 338 g/mol. The molecule has 1 saturated heterocycles. The molecule has 0 radical (unpaired) electrons. The molecule has 2 amide bonds. The number of carbonyl (C=O) groups is 1. The number of nitrogens with zero attached hydrogens (tertiary/aromatic N) is 4. The average molecular weight is 363 g/mol. The number of amides is 2. The van der Waals surface area contributed by atoms with Gasteiger partial charge in [-0.05, 0) is 54.7 Å². The van der Waals surface area contributed by atoms with Gasteiger partial charge in [0.05, 0.1) is 11.6 Å². The minimum absolute atomic E-state index is 0.129. The van der Waals surface area contributed by atoms with Crippen LogP contribution in [-0.2, 0) is 13.1 Å². The van der Waals surface area contributed by atoms with Crippen LogP contribution in [0.1, 0.15) is 36.0 Å². The molecule has 0 atom stereocenters. The van der Waals surface area contributed by atoms with E-state index in [1.807, 2.05) is 24.4 Å². The van der Waals surface area contributed by atoms with Gasteiger partial charge in [-0.3, -0.25) is 0 Å². The van der Waals surface area contributed by atoms with E-state index < -0.39 is 0 Å². The molecule has 0 unspecified atom stereocenters. The summed E-state index contributed by atoms with van der Waals surface area (Å²) in [6, 6.07) is 13.2. The first-order valence-electron chi connectivity index (χ1n) is 9.33. The third-order valence-electron chi connectivity index (χ3n) is 4.78. The third-order valence-corrected chi connectivity index (χ3v) is 4.78. The van der Waals surface area contributed by atoms with Crippen molar-refractivity contribution in [3.63, 3.8) is 0 Å². The van der Waals surface area contributed by atoms with Gasteiger partial charge in [-0.2, -0.15) is 5.26 Å². The SMILES string of the molecule is CN(Cc1ccc(C#N)cc1)C(=O)NCc1ccnc(N2CCCCC2)c1. The molecule has 6 nitrogen and oxygen atoms in total.